The van der Waals surface area contributed by atoms with Gasteiger partial charge in [-0.15, -0.1) is 5.10 Å². The number of hydrogen-bond donors (Lipinski definition) is 1. The number of amides is 1. The molecule has 2 aromatic carbocycles. The van der Waals surface area contributed by atoms with Gasteiger partial charge in [0, 0.05) is 48.5 Å². The first-order valence-corrected chi connectivity index (χ1v) is 12.6. The van der Waals surface area contributed by atoms with E-state index in [0.717, 1.165) is 56.1 Å². The average molecular weight is 497 g/mol. The molecule has 2 fully saturated rings. The van der Waals surface area contributed by atoms with Gasteiger partial charge in [0.25, 0.3) is 0 Å². The summed E-state index contributed by atoms with van der Waals surface area (Å²) in [4.78, 5) is 17.0. The lowest BCUT2D eigenvalue weighted by molar-refractivity contribution is -0.126. The Hall–Kier alpha value is -2.52. The van der Waals surface area contributed by atoms with Crippen LogP contribution in [0.5, 0.6) is 0 Å². The van der Waals surface area contributed by atoms with E-state index in [1.54, 1.807) is 0 Å². The van der Waals surface area contributed by atoms with E-state index >= 15 is 0 Å². The third kappa shape index (κ3) is 5.10. The van der Waals surface area contributed by atoms with E-state index in [-0.39, 0.29) is 11.9 Å². The summed E-state index contributed by atoms with van der Waals surface area (Å²) in [5.41, 5.74) is 1.93. The molecule has 1 saturated carbocycles. The number of halogens is 1. The van der Waals surface area contributed by atoms with Gasteiger partial charge < -0.3 is 5.32 Å². The number of para-hydroxylation sites is 1. The summed E-state index contributed by atoms with van der Waals surface area (Å²) in [6.45, 7) is 6.01. The number of nitrogens with one attached hydrogen (secondary N) is 1. The number of carbonyl (C=O) groups excluding carboxylic acids is 1. The predicted molar refractivity (Wildman–Crippen MR) is 137 cm³/mol. The zero-order valence-electron chi connectivity index (χ0n) is 19.2. The van der Waals surface area contributed by atoms with Gasteiger partial charge in [0.15, 0.2) is 5.82 Å². The maximum absolute atomic E-state index is 12.4. The lowest BCUT2D eigenvalue weighted by atomic mass is 10.2. The van der Waals surface area contributed by atoms with Gasteiger partial charge in [-0.05, 0) is 68.4 Å². The Bertz CT molecular complexity index is 1200. The van der Waals surface area contributed by atoms with Gasteiger partial charge in [-0.1, -0.05) is 29.8 Å². The zero-order valence-corrected chi connectivity index (χ0v) is 20.8. The van der Waals surface area contributed by atoms with Crippen LogP contribution in [0.25, 0.3) is 17.1 Å². The molecule has 3 aromatic rings. The highest BCUT2D eigenvalue weighted by molar-refractivity contribution is 7.71. The predicted octanol–water partition coefficient (Wildman–Crippen LogP) is 3.97. The third-order valence-corrected chi connectivity index (χ3v) is 7.19. The van der Waals surface area contributed by atoms with Gasteiger partial charge >= 0.3 is 0 Å². The number of hydrogen-bond acceptors (Lipinski definition) is 5. The number of aromatic nitrogens is 3. The Morgan fingerprint density at radius 1 is 1.09 bits per heavy atom. The Labute approximate surface area is 209 Å². The van der Waals surface area contributed by atoms with Crippen LogP contribution in [0.1, 0.15) is 19.8 Å². The molecule has 0 bridgehead atoms. The number of benzene rings is 2. The molecule has 178 valence electrons. The van der Waals surface area contributed by atoms with Crippen molar-refractivity contribution in [3.05, 3.63) is 64.4 Å². The van der Waals surface area contributed by atoms with E-state index in [0.29, 0.717) is 22.5 Å². The second-order valence-electron chi connectivity index (χ2n) is 9.04. The van der Waals surface area contributed by atoms with E-state index in [1.165, 1.54) is 0 Å². The van der Waals surface area contributed by atoms with Crippen LogP contribution in [0.3, 0.4) is 0 Å². The molecule has 34 heavy (non-hydrogen) atoms. The fourth-order valence-corrected chi connectivity index (χ4v) is 4.71. The number of nitrogens with zero attached hydrogens (tertiary/aromatic N) is 5. The summed E-state index contributed by atoms with van der Waals surface area (Å²) in [5.74, 6) is 0.934. The van der Waals surface area contributed by atoms with Crippen LogP contribution < -0.4 is 5.32 Å². The van der Waals surface area contributed by atoms with Gasteiger partial charge in [-0.2, -0.15) is 0 Å². The molecule has 1 aromatic heterocycles. The molecule has 1 aliphatic heterocycles. The molecule has 7 nitrogen and oxygen atoms in total. The molecular weight excluding hydrogens is 468 g/mol. The van der Waals surface area contributed by atoms with Crippen LogP contribution in [0.2, 0.25) is 5.02 Å². The quantitative estimate of drug-likeness (QED) is 0.502. The molecule has 1 amide bonds. The molecule has 5 rings (SSSR count). The van der Waals surface area contributed by atoms with E-state index < -0.39 is 0 Å². The highest BCUT2D eigenvalue weighted by atomic mass is 35.5. The maximum Gasteiger partial charge on any atom is 0.237 e. The van der Waals surface area contributed by atoms with Crippen LogP contribution in [0.4, 0.5) is 0 Å². The second kappa shape index (κ2) is 10.00. The van der Waals surface area contributed by atoms with E-state index in [4.69, 9.17) is 28.9 Å². The largest absolute Gasteiger partial charge is 0.352 e. The molecule has 1 N–H and O–H groups in total. The topological polar surface area (TPSA) is 58.3 Å². The third-order valence-electron chi connectivity index (χ3n) is 6.55. The average Bonchev–Trinajstić information content (AvgIpc) is 3.62. The van der Waals surface area contributed by atoms with Crippen molar-refractivity contribution in [1.29, 1.82) is 0 Å². The minimum absolute atomic E-state index is 0.0984. The van der Waals surface area contributed by atoms with Crippen molar-refractivity contribution in [3.8, 4) is 17.1 Å². The first-order valence-electron chi connectivity index (χ1n) is 11.8. The van der Waals surface area contributed by atoms with Gasteiger partial charge in [0.2, 0.25) is 10.7 Å². The van der Waals surface area contributed by atoms with Crippen molar-refractivity contribution >= 4 is 29.7 Å². The van der Waals surface area contributed by atoms with Crippen molar-refractivity contribution < 1.29 is 4.79 Å². The second-order valence-corrected chi connectivity index (χ2v) is 9.84. The maximum atomic E-state index is 12.4. The van der Waals surface area contributed by atoms with Gasteiger partial charge in [0.05, 0.1) is 12.7 Å². The summed E-state index contributed by atoms with van der Waals surface area (Å²) in [6, 6.07) is 18.0. The highest BCUT2D eigenvalue weighted by Gasteiger charge is 2.30. The fraction of sp³-hybridized carbons (Fsp3) is 0.400. The van der Waals surface area contributed by atoms with Crippen molar-refractivity contribution in [2.75, 3.05) is 26.2 Å². The SMILES string of the molecule is C[C@H](C(=O)NC1CC1)N1CCN(Cn2nc(-c3ccc(Cl)cc3)n(-c3ccccc3)c2=S)CC1. The van der Waals surface area contributed by atoms with E-state index in [1.807, 2.05) is 70.8 Å². The highest BCUT2D eigenvalue weighted by Crippen LogP contribution is 2.25. The molecule has 2 heterocycles. The fourth-order valence-electron chi connectivity index (χ4n) is 4.29. The minimum atomic E-state index is -0.0984. The summed E-state index contributed by atoms with van der Waals surface area (Å²) in [5, 5.41) is 8.72. The number of piperazine rings is 1. The van der Waals surface area contributed by atoms with Gasteiger partial charge in [0.1, 0.15) is 0 Å². The summed E-state index contributed by atoms with van der Waals surface area (Å²) >= 11 is 12.0. The lowest BCUT2D eigenvalue weighted by Crippen LogP contribution is -2.54. The molecule has 1 atom stereocenters. The Kier molecular flexibility index (Phi) is 6.83. The molecule has 1 aliphatic carbocycles. The standard InChI is InChI=1S/C25H29ClN6OS/c1-18(24(33)27-21-11-12-21)30-15-13-29(14-16-30)17-31-25(34)32(22-5-3-2-4-6-22)23(28-31)19-7-9-20(26)10-8-19/h2-10,18,21H,11-17H2,1H3,(H,27,33)/t18-/m1/s1. The van der Waals surface area contributed by atoms with Crippen LogP contribution in [0.15, 0.2) is 54.6 Å². The van der Waals surface area contributed by atoms with E-state index in [9.17, 15) is 4.79 Å². The molecule has 0 radical (unpaired) electrons. The van der Waals surface area contributed by atoms with Crippen molar-refractivity contribution in [3.63, 3.8) is 0 Å². The Morgan fingerprint density at radius 2 is 1.76 bits per heavy atom. The first kappa shape index (κ1) is 23.2. The smallest absolute Gasteiger partial charge is 0.237 e. The normalized spacial score (nSPS) is 18.1. The van der Waals surface area contributed by atoms with Crippen LogP contribution in [-0.2, 0) is 11.5 Å². The van der Waals surface area contributed by atoms with Crippen molar-refractivity contribution in [2.24, 2.45) is 0 Å². The monoisotopic (exact) mass is 496 g/mol. The first-order chi connectivity index (χ1) is 16.5. The Balaban J connectivity index is 1.33. The number of carbonyl (C=O) groups is 1. The molecule has 1 saturated heterocycles. The molecule has 0 spiro atoms. The van der Waals surface area contributed by atoms with Crippen molar-refractivity contribution in [1.82, 2.24) is 29.5 Å². The summed E-state index contributed by atoms with van der Waals surface area (Å²) in [7, 11) is 0. The minimum Gasteiger partial charge on any atom is -0.352 e. The summed E-state index contributed by atoms with van der Waals surface area (Å²) < 4.78 is 4.56. The summed E-state index contributed by atoms with van der Waals surface area (Å²) in [6.07, 6.45) is 2.22. The van der Waals surface area contributed by atoms with Crippen LogP contribution in [0, 0.1) is 4.77 Å². The van der Waals surface area contributed by atoms with Crippen molar-refractivity contribution in [2.45, 2.75) is 38.5 Å². The van der Waals surface area contributed by atoms with Gasteiger partial charge in [-0.3, -0.25) is 19.2 Å². The van der Waals surface area contributed by atoms with Gasteiger partial charge in [-0.25, -0.2) is 4.68 Å². The Morgan fingerprint density at radius 3 is 2.41 bits per heavy atom. The molecule has 9 heteroatoms. The molecule has 2 aliphatic rings. The van der Waals surface area contributed by atoms with Crippen LogP contribution >= 0.6 is 23.8 Å². The molecular formula is C25H29ClN6OS. The lowest BCUT2D eigenvalue weighted by Gasteiger charge is -2.37. The zero-order chi connectivity index (χ0) is 23.7. The van der Waals surface area contributed by atoms with E-state index in [2.05, 4.69) is 15.1 Å². The van der Waals surface area contributed by atoms with Crippen LogP contribution in [-0.4, -0.2) is 68.3 Å². The number of rotatable bonds is 7. The molecule has 0 unspecified atom stereocenters.